The number of nitrogens with one attached hydrogen (secondary N) is 2. The molecule has 2 N–H and O–H groups in total. The minimum absolute atomic E-state index is 0.0781. The molecule has 0 spiro atoms. The maximum atomic E-state index is 12.7. The van der Waals surface area contributed by atoms with Gasteiger partial charge in [0.2, 0.25) is 5.91 Å². The van der Waals surface area contributed by atoms with E-state index < -0.39 is 0 Å². The molecule has 7 heteroatoms. The molecule has 152 valence electrons. The van der Waals surface area contributed by atoms with Crippen LogP contribution in [0.4, 0.5) is 0 Å². The molecule has 29 heavy (non-hydrogen) atoms. The van der Waals surface area contributed by atoms with Crippen molar-refractivity contribution in [2.24, 2.45) is 0 Å². The second kappa shape index (κ2) is 9.23. The summed E-state index contributed by atoms with van der Waals surface area (Å²) in [4.78, 5) is 36.6. The quantitative estimate of drug-likeness (QED) is 0.615. The monoisotopic (exact) mass is 394 g/mol. The second-order valence-corrected chi connectivity index (χ2v) is 6.88. The number of aryl methyl sites for hydroxylation is 2. The van der Waals surface area contributed by atoms with Gasteiger partial charge in [-0.15, -0.1) is 0 Å². The summed E-state index contributed by atoms with van der Waals surface area (Å²) in [5.74, 6) is -0.270. The van der Waals surface area contributed by atoms with Crippen LogP contribution in [0.1, 0.15) is 35.7 Å². The van der Waals surface area contributed by atoms with Crippen molar-refractivity contribution < 1.29 is 9.59 Å². The van der Waals surface area contributed by atoms with Crippen LogP contribution in [0.2, 0.25) is 0 Å². The number of amides is 2. The minimum atomic E-state index is -0.145. The molecule has 2 aromatic carbocycles. The fourth-order valence-electron chi connectivity index (χ4n) is 3.35. The Hall–Kier alpha value is -3.35. The number of nitrogens with zero attached hydrogens (tertiary/aromatic N) is 2. The minimum Gasteiger partial charge on any atom is -0.355 e. The number of rotatable bonds is 8. The van der Waals surface area contributed by atoms with E-state index in [-0.39, 0.29) is 23.9 Å². The van der Waals surface area contributed by atoms with Crippen molar-refractivity contribution in [1.82, 2.24) is 19.8 Å². The van der Waals surface area contributed by atoms with Crippen LogP contribution in [0.3, 0.4) is 0 Å². The highest BCUT2D eigenvalue weighted by molar-refractivity contribution is 5.93. The molecule has 0 saturated carbocycles. The van der Waals surface area contributed by atoms with Crippen LogP contribution < -0.4 is 16.3 Å². The van der Waals surface area contributed by atoms with Crippen molar-refractivity contribution in [3.05, 3.63) is 70.1 Å². The Labute approximate surface area is 169 Å². The molecule has 0 saturated heterocycles. The molecule has 2 amide bonds. The number of benzene rings is 2. The van der Waals surface area contributed by atoms with E-state index in [0.29, 0.717) is 25.2 Å². The SMILES string of the molecule is CCCn1c(=O)n(CCC(=O)NCc2ccc(C(=O)NC)cc2)c2ccccc21. The summed E-state index contributed by atoms with van der Waals surface area (Å²) in [7, 11) is 1.58. The average molecular weight is 394 g/mol. The Balaban J connectivity index is 1.62. The first-order chi connectivity index (χ1) is 14.0. The lowest BCUT2D eigenvalue weighted by atomic mass is 10.1. The normalized spacial score (nSPS) is 10.8. The van der Waals surface area contributed by atoms with Gasteiger partial charge in [-0.1, -0.05) is 31.2 Å². The Morgan fingerprint density at radius 1 is 0.931 bits per heavy atom. The van der Waals surface area contributed by atoms with Crippen LogP contribution in [-0.4, -0.2) is 28.0 Å². The summed E-state index contributed by atoms with van der Waals surface area (Å²) in [5.41, 5.74) is 3.15. The van der Waals surface area contributed by atoms with Crippen LogP contribution in [0.25, 0.3) is 11.0 Å². The van der Waals surface area contributed by atoms with Crippen LogP contribution >= 0.6 is 0 Å². The number of hydrogen-bond donors (Lipinski definition) is 2. The molecule has 0 aliphatic heterocycles. The van der Waals surface area contributed by atoms with Crippen LogP contribution in [-0.2, 0) is 24.4 Å². The molecule has 0 radical (unpaired) electrons. The van der Waals surface area contributed by atoms with Gasteiger partial charge < -0.3 is 10.6 Å². The van der Waals surface area contributed by atoms with E-state index in [2.05, 4.69) is 10.6 Å². The standard InChI is InChI=1S/C22H26N4O3/c1-3-13-25-18-6-4-5-7-19(18)26(22(25)29)14-12-20(27)24-15-16-8-10-17(11-9-16)21(28)23-2/h4-11H,3,12-15H2,1-2H3,(H,23,28)(H,24,27). The van der Waals surface area contributed by atoms with E-state index in [0.717, 1.165) is 23.0 Å². The zero-order valence-electron chi connectivity index (χ0n) is 16.8. The van der Waals surface area contributed by atoms with Crippen molar-refractivity contribution in [1.29, 1.82) is 0 Å². The summed E-state index contributed by atoms with van der Waals surface area (Å²) >= 11 is 0. The van der Waals surface area contributed by atoms with Gasteiger partial charge in [-0.3, -0.25) is 18.7 Å². The number of carbonyl (C=O) groups excluding carboxylic acids is 2. The molecule has 0 fully saturated rings. The van der Waals surface area contributed by atoms with E-state index in [4.69, 9.17) is 0 Å². The third-order valence-corrected chi connectivity index (χ3v) is 4.87. The number of para-hydroxylation sites is 2. The predicted octanol–water partition coefficient (Wildman–Crippen LogP) is 2.28. The van der Waals surface area contributed by atoms with E-state index in [1.165, 1.54) is 0 Å². The number of imidazole rings is 1. The van der Waals surface area contributed by atoms with Crippen LogP contribution in [0, 0.1) is 0 Å². The molecule has 3 rings (SSSR count). The fourth-order valence-corrected chi connectivity index (χ4v) is 3.35. The molecule has 0 unspecified atom stereocenters. The average Bonchev–Trinajstić information content (AvgIpc) is 3.02. The summed E-state index contributed by atoms with van der Waals surface area (Å²) in [6.45, 7) is 3.40. The third kappa shape index (κ3) is 4.56. The Bertz CT molecular complexity index is 1060. The third-order valence-electron chi connectivity index (χ3n) is 4.87. The summed E-state index contributed by atoms with van der Waals surface area (Å²) in [6.07, 6.45) is 1.09. The van der Waals surface area contributed by atoms with Gasteiger partial charge in [0.15, 0.2) is 0 Å². The largest absolute Gasteiger partial charge is 0.355 e. The number of fused-ring (bicyclic) bond motifs is 1. The molecule has 1 heterocycles. The molecule has 3 aromatic rings. The molecular weight excluding hydrogens is 368 g/mol. The van der Waals surface area contributed by atoms with E-state index in [1.54, 1.807) is 28.3 Å². The Morgan fingerprint density at radius 2 is 1.55 bits per heavy atom. The van der Waals surface area contributed by atoms with Crippen molar-refractivity contribution >= 4 is 22.8 Å². The Kier molecular flexibility index (Phi) is 6.49. The van der Waals surface area contributed by atoms with Gasteiger partial charge in [0.25, 0.3) is 5.91 Å². The molecule has 1 aromatic heterocycles. The highest BCUT2D eigenvalue weighted by Gasteiger charge is 2.13. The maximum Gasteiger partial charge on any atom is 0.329 e. The zero-order chi connectivity index (χ0) is 20.8. The van der Waals surface area contributed by atoms with Gasteiger partial charge in [0, 0.05) is 38.7 Å². The summed E-state index contributed by atoms with van der Waals surface area (Å²) in [5, 5.41) is 5.44. The zero-order valence-corrected chi connectivity index (χ0v) is 16.8. The van der Waals surface area contributed by atoms with Crippen molar-refractivity contribution in [3.8, 4) is 0 Å². The molecule has 0 aliphatic rings. The predicted molar refractivity (Wildman–Crippen MR) is 113 cm³/mol. The van der Waals surface area contributed by atoms with Gasteiger partial charge >= 0.3 is 5.69 Å². The van der Waals surface area contributed by atoms with E-state index >= 15 is 0 Å². The first kappa shape index (κ1) is 20.4. The molecule has 0 aliphatic carbocycles. The molecule has 0 bridgehead atoms. The smallest absolute Gasteiger partial charge is 0.329 e. The lowest BCUT2D eigenvalue weighted by Gasteiger charge is -2.07. The number of hydrogen-bond acceptors (Lipinski definition) is 3. The van der Waals surface area contributed by atoms with E-state index in [9.17, 15) is 14.4 Å². The number of carbonyl (C=O) groups is 2. The van der Waals surface area contributed by atoms with E-state index in [1.807, 2.05) is 43.3 Å². The van der Waals surface area contributed by atoms with Gasteiger partial charge in [0.1, 0.15) is 0 Å². The number of aromatic nitrogens is 2. The Morgan fingerprint density at radius 3 is 2.14 bits per heavy atom. The topological polar surface area (TPSA) is 85.1 Å². The van der Waals surface area contributed by atoms with Crippen molar-refractivity contribution in [3.63, 3.8) is 0 Å². The lowest BCUT2D eigenvalue weighted by Crippen LogP contribution is -2.28. The van der Waals surface area contributed by atoms with Crippen molar-refractivity contribution in [2.45, 2.75) is 39.4 Å². The highest BCUT2D eigenvalue weighted by atomic mass is 16.2. The van der Waals surface area contributed by atoms with Crippen LogP contribution in [0.15, 0.2) is 53.3 Å². The molecule has 0 atom stereocenters. The first-order valence-corrected chi connectivity index (χ1v) is 9.81. The van der Waals surface area contributed by atoms with Gasteiger partial charge in [-0.25, -0.2) is 4.79 Å². The van der Waals surface area contributed by atoms with Crippen LogP contribution in [0.5, 0.6) is 0 Å². The molecule has 7 nitrogen and oxygen atoms in total. The first-order valence-electron chi connectivity index (χ1n) is 9.81. The summed E-state index contributed by atoms with van der Waals surface area (Å²) in [6, 6.07) is 14.7. The van der Waals surface area contributed by atoms with Gasteiger partial charge in [-0.2, -0.15) is 0 Å². The second-order valence-electron chi connectivity index (χ2n) is 6.88. The fraction of sp³-hybridized carbons (Fsp3) is 0.318. The van der Waals surface area contributed by atoms with Gasteiger partial charge in [-0.05, 0) is 36.2 Å². The summed E-state index contributed by atoms with van der Waals surface area (Å²) < 4.78 is 3.43. The molecular formula is C22H26N4O3. The maximum absolute atomic E-state index is 12.7. The van der Waals surface area contributed by atoms with Crippen molar-refractivity contribution in [2.75, 3.05) is 7.05 Å². The lowest BCUT2D eigenvalue weighted by molar-refractivity contribution is -0.121. The van der Waals surface area contributed by atoms with Gasteiger partial charge in [0.05, 0.1) is 11.0 Å². The highest BCUT2D eigenvalue weighted by Crippen LogP contribution is 2.13.